The molecule has 0 N–H and O–H groups in total. The first kappa shape index (κ1) is 22.8. The van der Waals surface area contributed by atoms with Gasteiger partial charge < -0.3 is 4.74 Å². The minimum Gasteiger partial charge on any atom is -0.490 e. The van der Waals surface area contributed by atoms with E-state index in [1.165, 1.54) is 24.2 Å². The van der Waals surface area contributed by atoms with Gasteiger partial charge in [-0.1, -0.05) is 23.7 Å². The summed E-state index contributed by atoms with van der Waals surface area (Å²) in [5, 5.41) is 0.691. The zero-order valence-electron chi connectivity index (χ0n) is 19.9. The Labute approximate surface area is 213 Å². The lowest BCUT2D eigenvalue weighted by Gasteiger charge is -2.41. The molecule has 0 aliphatic carbocycles. The number of hydrogen-bond donors (Lipinski definition) is 0. The fourth-order valence-corrected chi connectivity index (χ4v) is 7.01. The van der Waals surface area contributed by atoms with Crippen molar-refractivity contribution in [1.82, 2.24) is 14.5 Å². The number of thiophene rings is 1. The van der Waals surface area contributed by atoms with E-state index >= 15 is 0 Å². The van der Waals surface area contributed by atoms with Gasteiger partial charge in [-0.3, -0.25) is 14.3 Å². The van der Waals surface area contributed by atoms with E-state index in [4.69, 9.17) is 16.3 Å². The maximum atomic E-state index is 13.3. The van der Waals surface area contributed by atoms with Gasteiger partial charge in [0.1, 0.15) is 22.9 Å². The van der Waals surface area contributed by atoms with Crippen LogP contribution in [-0.4, -0.2) is 38.7 Å². The van der Waals surface area contributed by atoms with Gasteiger partial charge >= 0.3 is 0 Å². The van der Waals surface area contributed by atoms with Crippen molar-refractivity contribution in [3.05, 3.63) is 76.3 Å². The van der Waals surface area contributed by atoms with Gasteiger partial charge in [-0.25, -0.2) is 4.98 Å². The lowest BCUT2D eigenvalue weighted by atomic mass is 9.98. The lowest BCUT2D eigenvalue weighted by molar-refractivity contribution is 0.0307. The maximum Gasteiger partial charge on any atom is 0.275 e. The second-order valence-electron chi connectivity index (χ2n) is 9.88. The van der Waals surface area contributed by atoms with Gasteiger partial charge in [-0.2, -0.15) is 0 Å². The number of piperidine rings is 1. The maximum absolute atomic E-state index is 13.3. The number of halogens is 1. The molecule has 0 radical (unpaired) electrons. The van der Waals surface area contributed by atoms with Crippen molar-refractivity contribution < 1.29 is 4.74 Å². The highest BCUT2D eigenvalue weighted by molar-refractivity contribution is 7.22. The Kier molecular flexibility index (Phi) is 5.91. The molecule has 0 spiro atoms. The number of nitrogens with zero attached hydrogens (tertiary/aromatic N) is 3. The molecule has 4 aromatic rings. The van der Waals surface area contributed by atoms with E-state index in [-0.39, 0.29) is 11.7 Å². The van der Waals surface area contributed by atoms with Crippen LogP contribution >= 0.6 is 22.9 Å². The molecular weight excluding hydrogens is 478 g/mol. The van der Waals surface area contributed by atoms with E-state index in [2.05, 4.69) is 23.7 Å². The van der Waals surface area contributed by atoms with E-state index < -0.39 is 0 Å². The van der Waals surface area contributed by atoms with E-state index in [9.17, 15) is 4.79 Å². The highest BCUT2D eigenvalue weighted by Crippen LogP contribution is 2.38. The summed E-state index contributed by atoms with van der Waals surface area (Å²) < 4.78 is 8.63. The topological polar surface area (TPSA) is 47.4 Å². The van der Waals surface area contributed by atoms with Crippen LogP contribution in [0.1, 0.15) is 39.5 Å². The number of hydrogen-bond acceptors (Lipinski definition) is 5. The predicted molar refractivity (Wildman–Crippen MR) is 143 cm³/mol. The minimum absolute atomic E-state index is 0.0634. The molecule has 6 rings (SSSR count). The zero-order valence-corrected chi connectivity index (χ0v) is 21.4. The molecule has 0 amide bonds. The third-order valence-electron chi connectivity index (χ3n) is 7.33. The molecule has 35 heavy (non-hydrogen) atoms. The SMILES string of the molecule is CC(C)N1[C@@H]2CC[C@H]1C[C@@H](Oc1ccc(-n3cnc4cc(-c5ccc(Cl)cc5)sc4c3=O)cc1)C2. The molecule has 2 saturated heterocycles. The second kappa shape index (κ2) is 9.08. The van der Waals surface area contributed by atoms with Crippen LogP contribution in [0.5, 0.6) is 5.75 Å². The first-order valence-electron chi connectivity index (χ1n) is 12.3. The smallest absolute Gasteiger partial charge is 0.275 e. The Morgan fingerprint density at radius 2 is 1.71 bits per heavy atom. The van der Waals surface area contributed by atoms with Gasteiger partial charge in [-0.15, -0.1) is 11.3 Å². The fraction of sp³-hybridized carbons (Fsp3) is 0.357. The summed E-state index contributed by atoms with van der Waals surface area (Å²) >= 11 is 7.48. The molecule has 4 heterocycles. The Balaban J connectivity index is 1.21. The van der Waals surface area contributed by atoms with Crippen LogP contribution in [0.3, 0.4) is 0 Å². The zero-order chi connectivity index (χ0) is 24.1. The Morgan fingerprint density at radius 1 is 1.03 bits per heavy atom. The second-order valence-corrected chi connectivity index (χ2v) is 11.4. The number of ether oxygens (including phenoxy) is 1. The van der Waals surface area contributed by atoms with Gasteiger partial charge in [0, 0.05) is 28.0 Å². The molecule has 2 aliphatic rings. The third kappa shape index (κ3) is 4.28. The Bertz CT molecular complexity index is 1400. The molecule has 0 saturated carbocycles. The van der Waals surface area contributed by atoms with Crippen LogP contribution in [0, 0.1) is 0 Å². The summed E-state index contributed by atoms with van der Waals surface area (Å²) in [6.07, 6.45) is 6.60. The molecule has 2 bridgehead atoms. The quantitative estimate of drug-likeness (QED) is 0.308. The van der Waals surface area contributed by atoms with Crippen LogP contribution in [0.15, 0.2) is 65.7 Å². The van der Waals surface area contributed by atoms with Crippen LogP contribution < -0.4 is 10.3 Å². The minimum atomic E-state index is -0.0634. The predicted octanol–water partition coefficient (Wildman–Crippen LogP) is 6.55. The molecule has 3 atom stereocenters. The monoisotopic (exact) mass is 505 g/mol. The third-order valence-corrected chi connectivity index (χ3v) is 8.74. The van der Waals surface area contributed by atoms with Crippen molar-refractivity contribution in [2.45, 2.75) is 63.8 Å². The van der Waals surface area contributed by atoms with Crippen molar-refractivity contribution in [3.8, 4) is 21.9 Å². The summed E-state index contributed by atoms with van der Waals surface area (Å²) in [4.78, 5) is 21.5. The summed E-state index contributed by atoms with van der Waals surface area (Å²) in [5.41, 5.74) is 2.46. The normalized spacial score (nSPS) is 22.2. The van der Waals surface area contributed by atoms with Gasteiger partial charge in [0.25, 0.3) is 5.56 Å². The van der Waals surface area contributed by atoms with Crippen molar-refractivity contribution in [1.29, 1.82) is 0 Å². The number of fused-ring (bicyclic) bond motifs is 3. The molecule has 2 aromatic carbocycles. The van der Waals surface area contributed by atoms with E-state index in [0.29, 0.717) is 33.4 Å². The largest absolute Gasteiger partial charge is 0.490 e. The van der Waals surface area contributed by atoms with E-state index in [1.807, 2.05) is 54.6 Å². The highest BCUT2D eigenvalue weighted by atomic mass is 35.5. The first-order valence-corrected chi connectivity index (χ1v) is 13.5. The van der Waals surface area contributed by atoms with Gasteiger partial charge in [0.2, 0.25) is 0 Å². The van der Waals surface area contributed by atoms with E-state index in [0.717, 1.165) is 34.7 Å². The van der Waals surface area contributed by atoms with Crippen LogP contribution in [0.4, 0.5) is 0 Å². The van der Waals surface area contributed by atoms with Crippen molar-refractivity contribution in [2.75, 3.05) is 0 Å². The van der Waals surface area contributed by atoms with Crippen molar-refractivity contribution in [3.63, 3.8) is 0 Å². The summed E-state index contributed by atoms with van der Waals surface area (Å²) in [6, 6.07) is 19.3. The van der Waals surface area contributed by atoms with E-state index in [1.54, 1.807) is 10.9 Å². The standard InChI is InChI=1S/C28H28ClN3O2S/c1-17(2)32-21-7-8-22(32)14-24(13-21)34-23-11-9-20(10-12-23)31-16-30-25-15-26(35-27(25)28(31)33)18-3-5-19(29)6-4-18/h3-6,9-12,15-17,21-22,24H,7-8,13-14H2,1-2H3/t21-,22+,24+. The number of rotatable bonds is 5. The molecule has 2 fully saturated rings. The average molecular weight is 506 g/mol. The summed E-state index contributed by atoms with van der Waals surface area (Å²) in [5.74, 6) is 0.861. The van der Waals surface area contributed by atoms with Crippen LogP contribution in [0.2, 0.25) is 5.02 Å². The Morgan fingerprint density at radius 3 is 2.37 bits per heavy atom. The highest BCUT2D eigenvalue weighted by Gasteiger charge is 2.42. The van der Waals surface area contributed by atoms with Crippen molar-refractivity contribution in [2.24, 2.45) is 0 Å². The molecule has 2 aliphatic heterocycles. The van der Waals surface area contributed by atoms with Crippen LogP contribution in [-0.2, 0) is 0 Å². The summed E-state index contributed by atoms with van der Waals surface area (Å²) in [6.45, 7) is 4.60. The van der Waals surface area contributed by atoms with Gasteiger partial charge in [0.05, 0.1) is 11.2 Å². The molecular formula is C28H28ClN3O2S. The summed E-state index contributed by atoms with van der Waals surface area (Å²) in [7, 11) is 0. The van der Waals surface area contributed by atoms with Crippen LogP contribution in [0.25, 0.3) is 26.3 Å². The molecule has 180 valence electrons. The Hall–Kier alpha value is -2.67. The van der Waals surface area contributed by atoms with Gasteiger partial charge in [-0.05, 0) is 87.6 Å². The number of benzene rings is 2. The lowest BCUT2D eigenvalue weighted by Crippen LogP contribution is -2.49. The molecule has 0 unspecified atom stereocenters. The molecule has 5 nitrogen and oxygen atoms in total. The van der Waals surface area contributed by atoms with Crippen molar-refractivity contribution >= 4 is 33.2 Å². The molecule has 7 heteroatoms. The van der Waals surface area contributed by atoms with Gasteiger partial charge in [0.15, 0.2) is 0 Å². The fourth-order valence-electron chi connectivity index (χ4n) is 5.83. The average Bonchev–Trinajstić information content (AvgIpc) is 3.40. The first-order chi connectivity index (χ1) is 17.0. The number of aromatic nitrogens is 2. The molecule has 2 aromatic heterocycles.